The molecule has 2 N–H and O–H groups in total. The average Bonchev–Trinajstić information content (AvgIpc) is 2.34. The van der Waals surface area contributed by atoms with Crippen molar-refractivity contribution in [3.63, 3.8) is 0 Å². The molecule has 0 aliphatic heterocycles. The third kappa shape index (κ3) is 4.63. The fourth-order valence-electron chi connectivity index (χ4n) is 1.51. The Morgan fingerprint density at radius 2 is 2.06 bits per heavy atom. The smallest absolute Gasteiger partial charge is 0.166 e. The van der Waals surface area contributed by atoms with Gasteiger partial charge in [-0.2, -0.15) is 0 Å². The highest BCUT2D eigenvalue weighted by Crippen LogP contribution is 2.09. The van der Waals surface area contributed by atoms with E-state index in [1.165, 1.54) is 24.3 Å². The molecule has 1 unspecified atom stereocenters. The van der Waals surface area contributed by atoms with Crippen molar-refractivity contribution < 1.29 is 14.3 Å². The van der Waals surface area contributed by atoms with E-state index in [9.17, 15) is 9.18 Å². The average molecular weight is 239 g/mol. The zero-order valence-electron chi connectivity index (χ0n) is 9.95. The molecule has 0 spiro atoms. The molecule has 0 aromatic heterocycles. The quantitative estimate of drug-likeness (QED) is 0.561. The number of carbonyl (C=O) groups excluding carboxylic acids is 1. The van der Waals surface area contributed by atoms with Crippen LogP contribution >= 0.6 is 0 Å². The van der Waals surface area contributed by atoms with Crippen LogP contribution in [0.25, 0.3) is 0 Å². The minimum absolute atomic E-state index is 0.00139. The molecule has 94 valence electrons. The number of hydrogen-bond acceptors (Lipinski definition) is 3. The van der Waals surface area contributed by atoms with Crippen LogP contribution in [0.2, 0.25) is 0 Å². The second kappa shape index (κ2) is 7.14. The van der Waals surface area contributed by atoms with E-state index in [-0.39, 0.29) is 24.1 Å². The molecule has 0 amide bonds. The first kappa shape index (κ1) is 13.8. The molecule has 1 aromatic carbocycles. The first-order valence-corrected chi connectivity index (χ1v) is 5.76. The Kier molecular flexibility index (Phi) is 5.80. The molecular weight excluding hydrogens is 221 g/mol. The Morgan fingerprint density at radius 1 is 1.41 bits per heavy atom. The van der Waals surface area contributed by atoms with Gasteiger partial charge in [-0.1, -0.05) is 6.92 Å². The number of Topliss-reactive ketones (excluding diaryl/α,β-unsaturated/α-hetero) is 1. The molecule has 0 fully saturated rings. The minimum atomic E-state index is -0.338. The Morgan fingerprint density at radius 3 is 2.65 bits per heavy atom. The van der Waals surface area contributed by atoms with Gasteiger partial charge in [0.25, 0.3) is 0 Å². The summed E-state index contributed by atoms with van der Waals surface area (Å²) in [5.74, 6) is -0.490. The van der Waals surface area contributed by atoms with Crippen molar-refractivity contribution in [3.8, 4) is 0 Å². The van der Waals surface area contributed by atoms with E-state index in [0.29, 0.717) is 25.1 Å². The Hall–Kier alpha value is -1.26. The lowest BCUT2D eigenvalue weighted by atomic mass is 9.99. The monoisotopic (exact) mass is 239 g/mol. The van der Waals surface area contributed by atoms with Crippen LogP contribution in [0.1, 0.15) is 23.7 Å². The zero-order chi connectivity index (χ0) is 12.7. The van der Waals surface area contributed by atoms with Crippen molar-refractivity contribution in [2.45, 2.75) is 13.3 Å². The molecule has 17 heavy (non-hydrogen) atoms. The van der Waals surface area contributed by atoms with Crippen LogP contribution < -0.4 is 5.32 Å². The second-order valence-corrected chi connectivity index (χ2v) is 4.05. The summed E-state index contributed by atoms with van der Waals surface area (Å²) in [4.78, 5) is 11.9. The van der Waals surface area contributed by atoms with Crippen LogP contribution in [-0.4, -0.2) is 30.6 Å². The lowest BCUT2D eigenvalue weighted by molar-refractivity contribution is 0.0929. The molecule has 3 nitrogen and oxygen atoms in total. The van der Waals surface area contributed by atoms with Gasteiger partial charge in [0.2, 0.25) is 0 Å². The summed E-state index contributed by atoms with van der Waals surface area (Å²) >= 11 is 0. The molecule has 1 rings (SSSR count). The van der Waals surface area contributed by atoms with Gasteiger partial charge in [-0.3, -0.25) is 4.79 Å². The minimum Gasteiger partial charge on any atom is -0.396 e. The van der Waals surface area contributed by atoms with E-state index in [4.69, 9.17) is 5.11 Å². The molecule has 0 heterocycles. The van der Waals surface area contributed by atoms with E-state index in [1.54, 1.807) is 0 Å². The molecule has 0 bridgehead atoms. The van der Waals surface area contributed by atoms with Gasteiger partial charge in [-0.25, -0.2) is 4.39 Å². The molecule has 0 radical (unpaired) electrons. The number of carbonyl (C=O) groups is 1. The highest BCUT2D eigenvalue weighted by atomic mass is 19.1. The summed E-state index contributed by atoms with van der Waals surface area (Å²) in [5, 5.41) is 11.7. The molecule has 0 aliphatic rings. The van der Waals surface area contributed by atoms with E-state index in [1.807, 2.05) is 6.92 Å². The van der Waals surface area contributed by atoms with Crippen molar-refractivity contribution in [3.05, 3.63) is 35.6 Å². The van der Waals surface area contributed by atoms with Crippen molar-refractivity contribution in [1.82, 2.24) is 5.32 Å². The molecule has 4 heteroatoms. The van der Waals surface area contributed by atoms with E-state index in [2.05, 4.69) is 5.32 Å². The fraction of sp³-hybridized carbons (Fsp3) is 0.462. The maximum Gasteiger partial charge on any atom is 0.166 e. The third-order valence-corrected chi connectivity index (χ3v) is 2.54. The van der Waals surface area contributed by atoms with Crippen LogP contribution in [-0.2, 0) is 0 Å². The number of benzene rings is 1. The maximum atomic E-state index is 12.7. The van der Waals surface area contributed by atoms with E-state index < -0.39 is 0 Å². The van der Waals surface area contributed by atoms with Crippen LogP contribution in [0.3, 0.4) is 0 Å². The number of ketones is 1. The van der Waals surface area contributed by atoms with Gasteiger partial charge in [0.05, 0.1) is 0 Å². The van der Waals surface area contributed by atoms with Crippen LogP contribution in [0.5, 0.6) is 0 Å². The van der Waals surface area contributed by atoms with Crippen LogP contribution in [0.4, 0.5) is 4.39 Å². The van der Waals surface area contributed by atoms with E-state index >= 15 is 0 Å². The van der Waals surface area contributed by atoms with Crippen molar-refractivity contribution in [2.75, 3.05) is 19.7 Å². The highest BCUT2D eigenvalue weighted by Gasteiger charge is 2.14. The van der Waals surface area contributed by atoms with Crippen LogP contribution in [0.15, 0.2) is 24.3 Å². The Labute approximate surface area is 101 Å². The number of halogens is 1. The summed E-state index contributed by atoms with van der Waals surface area (Å²) in [5.41, 5.74) is 0.530. The predicted octanol–water partition coefficient (Wildman–Crippen LogP) is 1.62. The van der Waals surface area contributed by atoms with Gasteiger partial charge in [-0.05, 0) is 37.2 Å². The second-order valence-electron chi connectivity index (χ2n) is 4.05. The van der Waals surface area contributed by atoms with Gasteiger partial charge in [-0.15, -0.1) is 0 Å². The molecule has 1 aromatic rings. The molecule has 1 atom stereocenters. The van der Waals surface area contributed by atoms with Gasteiger partial charge < -0.3 is 10.4 Å². The highest BCUT2D eigenvalue weighted by molar-refractivity contribution is 5.97. The molecular formula is C13H18FNO2. The van der Waals surface area contributed by atoms with Gasteiger partial charge in [0.1, 0.15) is 5.82 Å². The first-order chi connectivity index (χ1) is 8.15. The molecule has 0 aliphatic carbocycles. The summed E-state index contributed by atoms with van der Waals surface area (Å²) in [6.45, 7) is 3.23. The number of rotatable bonds is 7. The Bertz CT molecular complexity index is 351. The topological polar surface area (TPSA) is 49.3 Å². The number of nitrogens with one attached hydrogen (secondary N) is 1. The number of hydrogen-bond donors (Lipinski definition) is 2. The van der Waals surface area contributed by atoms with Crippen LogP contribution in [0, 0.1) is 11.7 Å². The molecule has 0 saturated carbocycles. The van der Waals surface area contributed by atoms with Crippen molar-refractivity contribution in [1.29, 1.82) is 0 Å². The normalized spacial score (nSPS) is 12.4. The number of aliphatic hydroxyl groups excluding tert-OH is 1. The van der Waals surface area contributed by atoms with Crippen molar-refractivity contribution >= 4 is 5.78 Å². The number of aliphatic hydroxyl groups is 1. The molecule has 0 saturated heterocycles. The van der Waals surface area contributed by atoms with Gasteiger partial charge >= 0.3 is 0 Å². The fourth-order valence-corrected chi connectivity index (χ4v) is 1.51. The van der Waals surface area contributed by atoms with E-state index in [0.717, 1.165) is 0 Å². The lowest BCUT2D eigenvalue weighted by Crippen LogP contribution is -2.27. The standard InChI is InChI=1S/C13H18FNO2/c1-10(9-15-7-2-8-16)13(17)11-3-5-12(14)6-4-11/h3-6,10,15-16H,2,7-9H2,1H3. The van der Waals surface area contributed by atoms with Crippen molar-refractivity contribution in [2.24, 2.45) is 5.92 Å². The maximum absolute atomic E-state index is 12.7. The summed E-state index contributed by atoms with van der Waals surface area (Å²) in [7, 11) is 0. The SMILES string of the molecule is CC(CNCCCO)C(=O)c1ccc(F)cc1. The van der Waals surface area contributed by atoms with Gasteiger partial charge in [0.15, 0.2) is 5.78 Å². The first-order valence-electron chi connectivity index (χ1n) is 5.76. The third-order valence-electron chi connectivity index (χ3n) is 2.54. The predicted molar refractivity (Wildman–Crippen MR) is 64.5 cm³/mol. The lowest BCUT2D eigenvalue weighted by Gasteiger charge is -2.11. The zero-order valence-corrected chi connectivity index (χ0v) is 9.95. The summed E-state index contributed by atoms with van der Waals surface area (Å²) < 4.78 is 12.7. The van der Waals surface area contributed by atoms with Gasteiger partial charge in [0, 0.05) is 24.6 Å². The Balaban J connectivity index is 2.43. The summed E-state index contributed by atoms with van der Waals surface area (Å²) in [6.07, 6.45) is 0.678. The largest absolute Gasteiger partial charge is 0.396 e. The summed E-state index contributed by atoms with van der Waals surface area (Å²) in [6, 6.07) is 5.59.